The Bertz CT molecular complexity index is 1310. The predicted molar refractivity (Wildman–Crippen MR) is 287 cm³/mol. The van der Waals surface area contributed by atoms with Gasteiger partial charge in [-0.2, -0.15) is 0 Å². The van der Waals surface area contributed by atoms with E-state index in [2.05, 4.69) is 99.0 Å². The molecule has 378 valence electrons. The molecule has 66 heavy (non-hydrogen) atoms. The van der Waals surface area contributed by atoms with Gasteiger partial charge in [0.2, 0.25) is 5.91 Å². The zero-order chi connectivity index (χ0) is 48.1. The lowest BCUT2D eigenvalue weighted by atomic mass is 10.0. The van der Waals surface area contributed by atoms with Crippen LogP contribution in [0.15, 0.2) is 97.2 Å². The number of rotatable bonds is 48. The molecule has 0 aliphatic heterocycles. The minimum Gasteiger partial charge on any atom is -0.462 e. The molecule has 0 aromatic heterocycles. The first-order valence-corrected chi connectivity index (χ1v) is 27.6. The highest BCUT2D eigenvalue weighted by Gasteiger charge is 2.24. The number of aliphatic hydroxyl groups excluding tert-OH is 2. The Morgan fingerprint density at radius 2 is 0.803 bits per heavy atom. The third-order valence-electron chi connectivity index (χ3n) is 12.1. The lowest BCUT2D eigenvalue weighted by Crippen LogP contribution is -2.46. The monoisotopic (exact) mass is 918 g/mol. The van der Waals surface area contributed by atoms with Crippen molar-refractivity contribution in [2.75, 3.05) is 6.61 Å². The molecule has 3 N–H and O–H groups in total. The number of hydrogen-bond donors (Lipinski definition) is 3. The van der Waals surface area contributed by atoms with Crippen LogP contribution in [-0.4, -0.2) is 46.9 Å². The Hall–Kier alpha value is -3.22. The molecule has 6 heteroatoms. The molecule has 0 rings (SSSR count). The minimum absolute atomic E-state index is 0.0391. The molecule has 6 nitrogen and oxygen atoms in total. The zero-order valence-electron chi connectivity index (χ0n) is 43.0. The van der Waals surface area contributed by atoms with Crippen molar-refractivity contribution < 1.29 is 24.5 Å². The number of hydrogen-bond acceptors (Lipinski definition) is 5. The summed E-state index contributed by atoms with van der Waals surface area (Å²) in [5, 5.41) is 23.8. The molecule has 3 unspecified atom stereocenters. The van der Waals surface area contributed by atoms with Crippen LogP contribution < -0.4 is 5.32 Å². The Morgan fingerprint density at radius 1 is 0.439 bits per heavy atom. The van der Waals surface area contributed by atoms with E-state index >= 15 is 0 Å². The maximum Gasteiger partial charge on any atom is 0.306 e. The molecule has 0 aromatic carbocycles. The van der Waals surface area contributed by atoms with Gasteiger partial charge < -0.3 is 20.3 Å². The first-order valence-electron chi connectivity index (χ1n) is 27.6. The van der Waals surface area contributed by atoms with Gasteiger partial charge in [-0.15, -0.1) is 0 Å². The Morgan fingerprint density at radius 3 is 1.24 bits per heavy atom. The highest BCUT2D eigenvalue weighted by atomic mass is 16.5. The topological polar surface area (TPSA) is 95.9 Å². The lowest BCUT2D eigenvalue weighted by Gasteiger charge is -2.24. The van der Waals surface area contributed by atoms with Gasteiger partial charge in [-0.05, 0) is 70.6 Å². The van der Waals surface area contributed by atoms with Gasteiger partial charge in [0, 0.05) is 6.42 Å². The smallest absolute Gasteiger partial charge is 0.306 e. The number of carbonyl (C=O) groups is 2. The minimum atomic E-state index is -0.808. The molecule has 3 atom stereocenters. The zero-order valence-corrected chi connectivity index (χ0v) is 43.0. The van der Waals surface area contributed by atoms with Gasteiger partial charge in [0.15, 0.2) is 0 Å². The van der Waals surface area contributed by atoms with Gasteiger partial charge >= 0.3 is 5.97 Å². The maximum atomic E-state index is 13.2. The van der Waals surface area contributed by atoms with Crippen LogP contribution in [0.3, 0.4) is 0 Å². The van der Waals surface area contributed by atoms with Crippen molar-refractivity contribution >= 4 is 11.9 Å². The van der Waals surface area contributed by atoms with E-state index in [9.17, 15) is 19.8 Å². The average molecular weight is 918 g/mol. The van der Waals surface area contributed by atoms with E-state index in [1.54, 1.807) is 0 Å². The normalized spacial score (nSPS) is 14.0. The second kappa shape index (κ2) is 52.7. The fourth-order valence-electron chi connectivity index (χ4n) is 7.87. The maximum absolute atomic E-state index is 13.2. The summed E-state index contributed by atoms with van der Waals surface area (Å²) in [5.41, 5.74) is 0. The van der Waals surface area contributed by atoms with Crippen LogP contribution in [0, 0.1) is 0 Å². The van der Waals surface area contributed by atoms with Crippen LogP contribution in [0.25, 0.3) is 0 Å². The SMILES string of the molecule is CCC/C=C/C=C/C=C/C=C/C=C/CCCCCCCC(=O)OC(CCCCC/C=C/C=C/C=C/CCCCCCC)CC(=O)NC(CO)C(O)CCCCCCCCCCCCCCC. The highest BCUT2D eigenvalue weighted by Crippen LogP contribution is 2.17. The Kier molecular flexibility index (Phi) is 50.2. The van der Waals surface area contributed by atoms with E-state index in [1.165, 1.54) is 103 Å². The van der Waals surface area contributed by atoms with Crippen molar-refractivity contribution in [1.82, 2.24) is 5.32 Å². The first-order chi connectivity index (χ1) is 32.5. The highest BCUT2D eigenvalue weighted by molar-refractivity contribution is 5.77. The number of esters is 1. The summed E-state index contributed by atoms with van der Waals surface area (Å²) in [5.74, 6) is -0.540. The first kappa shape index (κ1) is 62.8. The predicted octanol–water partition coefficient (Wildman–Crippen LogP) is 16.9. The van der Waals surface area contributed by atoms with E-state index in [0.29, 0.717) is 19.3 Å². The molecule has 0 aliphatic rings. The third-order valence-corrected chi connectivity index (χ3v) is 12.1. The fraction of sp³-hybridized carbons (Fsp3) is 0.700. The second-order valence-corrected chi connectivity index (χ2v) is 18.5. The van der Waals surface area contributed by atoms with Crippen LogP contribution in [0.4, 0.5) is 0 Å². The van der Waals surface area contributed by atoms with Gasteiger partial charge in [0.1, 0.15) is 6.10 Å². The molecule has 0 saturated heterocycles. The molecule has 0 aliphatic carbocycles. The number of unbranched alkanes of at least 4 members (excludes halogenated alkanes) is 26. The molecule has 0 heterocycles. The van der Waals surface area contributed by atoms with Gasteiger partial charge in [0.05, 0.1) is 25.2 Å². The summed E-state index contributed by atoms with van der Waals surface area (Å²) in [7, 11) is 0. The molecule has 0 bridgehead atoms. The summed E-state index contributed by atoms with van der Waals surface area (Å²) < 4.78 is 5.93. The quantitative estimate of drug-likeness (QED) is 0.0321. The molecule has 0 aromatic rings. The van der Waals surface area contributed by atoms with Crippen LogP contribution >= 0.6 is 0 Å². The number of ether oxygens (including phenoxy) is 1. The van der Waals surface area contributed by atoms with Crippen LogP contribution in [0.1, 0.15) is 245 Å². The van der Waals surface area contributed by atoms with Gasteiger partial charge in [-0.25, -0.2) is 0 Å². The van der Waals surface area contributed by atoms with E-state index < -0.39 is 18.2 Å². The summed E-state index contributed by atoms with van der Waals surface area (Å²) in [6, 6.07) is -0.724. The summed E-state index contributed by atoms with van der Waals surface area (Å²) >= 11 is 0. The standard InChI is InChI=1S/C60H103NO5/c1-4-7-10-13-16-19-22-25-27-29-30-32-35-38-41-44-47-50-53-60(65)66-56(51-48-45-42-39-36-34-31-28-26-23-20-17-14-11-8-5-2)54-59(64)61-57(55-62)58(63)52-49-46-43-40-37-33-24-21-18-15-12-9-6-3/h10,13,16,19,22-23,25-32,34,36,56-58,62-63H,4-9,11-12,14-15,17-18,20-21,24,33,35,37-55H2,1-3H3,(H,61,64)/b13-10+,19-16+,25-22+,26-23+,29-27+,31-28+,32-30+,36-34+. The summed E-state index contributed by atoms with van der Waals surface area (Å²) in [6.07, 6.45) is 70.3. The van der Waals surface area contributed by atoms with Crippen molar-refractivity contribution in [3.8, 4) is 0 Å². The second-order valence-electron chi connectivity index (χ2n) is 18.5. The van der Waals surface area contributed by atoms with Crippen LogP contribution in [0.2, 0.25) is 0 Å². The molecule has 0 fully saturated rings. The van der Waals surface area contributed by atoms with Crippen molar-refractivity contribution in [1.29, 1.82) is 0 Å². The van der Waals surface area contributed by atoms with E-state index in [1.807, 2.05) is 24.3 Å². The molecule has 0 radical (unpaired) electrons. The third kappa shape index (κ3) is 47.3. The van der Waals surface area contributed by atoms with E-state index in [4.69, 9.17) is 4.74 Å². The van der Waals surface area contributed by atoms with E-state index in [0.717, 1.165) is 96.3 Å². The van der Waals surface area contributed by atoms with Crippen LogP contribution in [-0.2, 0) is 14.3 Å². The largest absolute Gasteiger partial charge is 0.462 e. The fourth-order valence-corrected chi connectivity index (χ4v) is 7.87. The Labute approximate surface area is 407 Å². The Balaban J connectivity index is 4.72. The molecule has 0 saturated carbocycles. The van der Waals surface area contributed by atoms with Crippen molar-refractivity contribution in [2.24, 2.45) is 0 Å². The molecular weight excluding hydrogens is 815 g/mol. The number of amides is 1. The lowest BCUT2D eigenvalue weighted by molar-refractivity contribution is -0.151. The number of aliphatic hydroxyl groups is 2. The number of allylic oxidation sites excluding steroid dienone is 16. The molecule has 1 amide bonds. The molecular formula is C60H103NO5. The summed E-state index contributed by atoms with van der Waals surface area (Å²) in [4.78, 5) is 26.2. The van der Waals surface area contributed by atoms with Crippen molar-refractivity contribution in [3.63, 3.8) is 0 Å². The van der Waals surface area contributed by atoms with Crippen molar-refractivity contribution in [2.45, 2.75) is 264 Å². The molecule has 0 spiro atoms. The van der Waals surface area contributed by atoms with Crippen LogP contribution in [0.5, 0.6) is 0 Å². The van der Waals surface area contributed by atoms with E-state index in [-0.39, 0.29) is 24.9 Å². The van der Waals surface area contributed by atoms with Gasteiger partial charge in [-0.1, -0.05) is 259 Å². The summed E-state index contributed by atoms with van der Waals surface area (Å²) in [6.45, 7) is 6.37. The van der Waals surface area contributed by atoms with Gasteiger partial charge in [-0.3, -0.25) is 9.59 Å². The van der Waals surface area contributed by atoms with Gasteiger partial charge in [0.25, 0.3) is 0 Å². The van der Waals surface area contributed by atoms with Crippen molar-refractivity contribution in [3.05, 3.63) is 97.2 Å². The average Bonchev–Trinajstić information content (AvgIpc) is 3.31. The number of carbonyl (C=O) groups excluding carboxylic acids is 2. The number of nitrogens with one attached hydrogen (secondary N) is 1.